The van der Waals surface area contributed by atoms with E-state index in [1.165, 1.54) is 6.08 Å². The van der Waals surface area contributed by atoms with E-state index in [-0.39, 0.29) is 5.83 Å². The van der Waals surface area contributed by atoms with Gasteiger partial charge in [0.15, 0.2) is 0 Å². The summed E-state index contributed by atoms with van der Waals surface area (Å²) in [4.78, 5) is 0. The third-order valence-electron chi connectivity index (χ3n) is 0.691. The van der Waals surface area contributed by atoms with Gasteiger partial charge in [0, 0.05) is 4.48 Å². The molecule has 0 atom stereocenters. The quantitative estimate of drug-likeness (QED) is 0.587. The molecule has 0 amide bonds. The summed E-state index contributed by atoms with van der Waals surface area (Å²) in [7, 11) is 0. The Morgan fingerprint density at radius 3 is 2.11 bits per heavy atom. The second-order valence-corrected chi connectivity index (χ2v) is 2.74. The second-order valence-electron chi connectivity index (χ2n) is 1.72. The molecular formula is C7H8BrF. The molecule has 0 heterocycles. The highest BCUT2D eigenvalue weighted by Gasteiger charge is 1.92. The van der Waals surface area contributed by atoms with E-state index in [1.807, 2.05) is 0 Å². The Morgan fingerprint density at radius 1 is 1.56 bits per heavy atom. The highest BCUT2D eigenvalue weighted by molar-refractivity contribution is 9.11. The molecule has 0 saturated carbocycles. The fourth-order valence-corrected chi connectivity index (χ4v) is 0.462. The number of allylic oxidation sites excluding steroid dienone is 4. The summed E-state index contributed by atoms with van der Waals surface area (Å²) in [6.07, 6.45) is 1.28. The smallest absolute Gasteiger partial charge is 0.126 e. The largest absolute Gasteiger partial charge is 0.207 e. The minimum absolute atomic E-state index is 0.336. The molecule has 0 aromatic rings. The first kappa shape index (κ1) is 8.63. The molecule has 50 valence electrons. The van der Waals surface area contributed by atoms with Gasteiger partial charge in [0.2, 0.25) is 0 Å². The van der Waals surface area contributed by atoms with E-state index < -0.39 is 0 Å². The molecule has 0 aliphatic carbocycles. The van der Waals surface area contributed by atoms with Crippen LogP contribution in [0.1, 0.15) is 6.92 Å². The normalized spacial score (nSPS) is 11.2. The Labute approximate surface area is 62.9 Å². The summed E-state index contributed by atoms with van der Waals surface area (Å²) < 4.78 is 13.0. The van der Waals surface area contributed by atoms with Crippen LogP contribution >= 0.6 is 15.9 Å². The standard InChI is InChI=1S/C7H8BrF/c1-5(2)7(9)4-6(3)8/h4H,1,3H2,2H3/b7-4+. The Kier molecular flexibility index (Phi) is 3.47. The second kappa shape index (κ2) is 3.62. The van der Waals surface area contributed by atoms with Crippen LogP contribution in [-0.4, -0.2) is 0 Å². The third kappa shape index (κ3) is 4.15. The fraction of sp³-hybridized carbons (Fsp3) is 0.143. The van der Waals surface area contributed by atoms with Crippen molar-refractivity contribution in [1.82, 2.24) is 0 Å². The molecule has 0 fully saturated rings. The van der Waals surface area contributed by atoms with E-state index in [0.29, 0.717) is 10.1 Å². The molecule has 0 radical (unpaired) electrons. The van der Waals surface area contributed by atoms with Gasteiger partial charge in [0.1, 0.15) is 5.83 Å². The number of halogens is 2. The topological polar surface area (TPSA) is 0 Å². The lowest BCUT2D eigenvalue weighted by Gasteiger charge is -1.90. The van der Waals surface area contributed by atoms with E-state index in [4.69, 9.17) is 0 Å². The van der Waals surface area contributed by atoms with Gasteiger partial charge in [-0.05, 0) is 18.6 Å². The first-order valence-corrected chi connectivity index (χ1v) is 3.21. The first-order chi connectivity index (χ1) is 4.04. The fourth-order valence-electron chi connectivity index (χ4n) is 0.261. The molecule has 0 N–H and O–H groups in total. The van der Waals surface area contributed by atoms with Crippen molar-refractivity contribution in [3.8, 4) is 0 Å². The molecule has 0 aliphatic rings. The van der Waals surface area contributed by atoms with Gasteiger partial charge in [0.05, 0.1) is 0 Å². The van der Waals surface area contributed by atoms with Crippen LogP contribution in [0.3, 0.4) is 0 Å². The molecule has 0 bridgehead atoms. The summed E-state index contributed by atoms with van der Waals surface area (Å²) in [5.41, 5.74) is 0.413. The van der Waals surface area contributed by atoms with E-state index >= 15 is 0 Å². The van der Waals surface area contributed by atoms with Crippen LogP contribution in [0.5, 0.6) is 0 Å². The summed E-state index contributed by atoms with van der Waals surface area (Å²) in [5, 5.41) is 0. The highest BCUT2D eigenvalue weighted by atomic mass is 79.9. The van der Waals surface area contributed by atoms with Crippen molar-refractivity contribution in [2.24, 2.45) is 0 Å². The van der Waals surface area contributed by atoms with Gasteiger partial charge in [-0.1, -0.05) is 29.1 Å². The van der Waals surface area contributed by atoms with E-state index in [1.54, 1.807) is 6.92 Å². The van der Waals surface area contributed by atoms with Crippen molar-refractivity contribution in [3.63, 3.8) is 0 Å². The number of hydrogen-bond donors (Lipinski definition) is 0. The third-order valence-corrected chi connectivity index (χ3v) is 0.920. The van der Waals surface area contributed by atoms with Gasteiger partial charge in [-0.15, -0.1) is 0 Å². The summed E-state index contributed by atoms with van der Waals surface area (Å²) in [6, 6.07) is 0. The lowest BCUT2D eigenvalue weighted by atomic mass is 10.3. The minimum Gasteiger partial charge on any atom is -0.207 e. The predicted octanol–water partition coefficient (Wildman–Crippen LogP) is 3.32. The average molecular weight is 191 g/mol. The van der Waals surface area contributed by atoms with Crippen molar-refractivity contribution in [2.45, 2.75) is 6.92 Å². The summed E-state index contributed by atoms with van der Waals surface area (Å²) in [6.45, 7) is 8.44. The zero-order valence-corrected chi connectivity index (χ0v) is 6.83. The summed E-state index contributed by atoms with van der Waals surface area (Å²) >= 11 is 2.99. The molecule has 0 unspecified atom stereocenters. The van der Waals surface area contributed by atoms with Gasteiger partial charge >= 0.3 is 0 Å². The van der Waals surface area contributed by atoms with Crippen LogP contribution in [0.15, 0.2) is 35.1 Å². The van der Waals surface area contributed by atoms with Crippen LogP contribution in [-0.2, 0) is 0 Å². The van der Waals surface area contributed by atoms with Gasteiger partial charge in [-0.3, -0.25) is 0 Å². The molecule has 0 rings (SSSR count). The Hall–Kier alpha value is -0.370. The molecule has 0 aromatic carbocycles. The zero-order chi connectivity index (χ0) is 7.44. The SMILES string of the molecule is C=C(Br)/C=C(/F)C(=C)C. The van der Waals surface area contributed by atoms with Crippen LogP contribution in [0.2, 0.25) is 0 Å². The van der Waals surface area contributed by atoms with Crippen molar-refractivity contribution < 1.29 is 4.39 Å². The van der Waals surface area contributed by atoms with Crippen LogP contribution < -0.4 is 0 Å². The van der Waals surface area contributed by atoms with E-state index in [2.05, 4.69) is 29.1 Å². The maximum absolute atomic E-state index is 12.4. The summed E-state index contributed by atoms with van der Waals surface area (Å²) in [5.74, 6) is -0.336. The Bertz CT molecular complexity index is 168. The molecule has 0 spiro atoms. The lowest BCUT2D eigenvalue weighted by molar-refractivity contribution is 0.652. The van der Waals surface area contributed by atoms with Gasteiger partial charge < -0.3 is 0 Å². The average Bonchev–Trinajstić information content (AvgIpc) is 1.63. The van der Waals surface area contributed by atoms with Crippen molar-refractivity contribution in [1.29, 1.82) is 0 Å². The molecular weight excluding hydrogens is 183 g/mol. The molecule has 0 aliphatic heterocycles. The zero-order valence-electron chi connectivity index (χ0n) is 5.25. The van der Waals surface area contributed by atoms with Crippen LogP contribution in [0.4, 0.5) is 4.39 Å². The minimum atomic E-state index is -0.336. The predicted molar refractivity (Wildman–Crippen MR) is 42.1 cm³/mol. The Morgan fingerprint density at radius 2 is 2.00 bits per heavy atom. The molecule has 2 heteroatoms. The maximum atomic E-state index is 12.4. The van der Waals surface area contributed by atoms with Crippen molar-refractivity contribution in [2.75, 3.05) is 0 Å². The molecule has 0 nitrogen and oxygen atoms in total. The highest BCUT2D eigenvalue weighted by Crippen LogP contribution is 2.13. The maximum Gasteiger partial charge on any atom is 0.126 e. The number of rotatable bonds is 2. The lowest BCUT2D eigenvalue weighted by Crippen LogP contribution is -1.72. The van der Waals surface area contributed by atoms with Crippen LogP contribution in [0.25, 0.3) is 0 Å². The Balaban J connectivity index is 4.17. The number of hydrogen-bond acceptors (Lipinski definition) is 0. The molecule has 9 heavy (non-hydrogen) atoms. The first-order valence-electron chi connectivity index (χ1n) is 2.41. The van der Waals surface area contributed by atoms with E-state index in [0.717, 1.165) is 0 Å². The van der Waals surface area contributed by atoms with Gasteiger partial charge in [-0.25, -0.2) is 4.39 Å². The van der Waals surface area contributed by atoms with Crippen LogP contribution in [0, 0.1) is 0 Å². The van der Waals surface area contributed by atoms with E-state index in [9.17, 15) is 4.39 Å². The van der Waals surface area contributed by atoms with Gasteiger partial charge in [0.25, 0.3) is 0 Å². The molecule has 0 saturated heterocycles. The monoisotopic (exact) mass is 190 g/mol. The molecule has 0 aromatic heterocycles. The van der Waals surface area contributed by atoms with Crippen molar-refractivity contribution >= 4 is 15.9 Å². The van der Waals surface area contributed by atoms with Gasteiger partial charge in [-0.2, -0.15) is 0 Å². The van der Waals surface area contributed by atoms with Crippen molar-refractivity contribution in [3.05, 3.63) is 35.1 Å².